The maximum absolute atomic E-state index is 13.0. The molecule has 2 N–H and O–H groups in total. The van der Waals surface area contributed by atoms with Crippen molar-refractivity contribution in [2.45, 2.75) is 6.92 Å². The van der Waals surface area contributed by atoms with Crippen molar-refractivity contribution >= 4 is 57.1 Å². The molecule has 0 atom stereocenters. The molecule has 6 heteroatoms. The predicted molar refractivity (Wildman–Crippen MR) is 127 cm³/mol. The van der Waals surface area contributed by atoms with Crippen LogP contribution in [0.15, 0.2) is 72.8 Å². The number of fused-ring (bicyclic) bond motifs is 1. The number of nitrogens with one attached hydrogen (secondary N) is 2. The highest BCUT2D eigenvalue weighted by atomic mass is 127. The van der Waals surface area contributed by atoms with Crippen LogP contribution in [0.2, 0.25) is 0 Å². The number of carbonyl (C=O) groups excluding carboxylic acids is 2. The number of hydrogen-bond acceptors (Lipinski definition) is 4. The molecule has 0 aliphatic carbocycles. The summed E-state index contributed by atoms with van der Waals surface area (Å²) in [7, 11) is 0. The lowest BCUT2D eigenvalue weighted by Crippen LogP contribution is -2.10. The van der Waals surface area contributed by atoms with Crippen LogP contribution in [0.1, 0.15) is 28.4 Å². The van der Waals surface area contributed by atoms with Gasteiger partial charge in [0, 0.05) is 14.8 Å². The fraction of sp³-hybridized carbons (Fsp3) is 0.0833. The lowest BCUT2D eigenvalue weighted by atomic mass is 9.99. The van der Waals surface area contributed by atoms with Crippen molar-refractivity contribution in [3.8, 4) is 0 Å². The second-order valence-corrected chi connectivity index (χ2v) is 7.93. The van der Waals surface area contributed by atoms with Crippen LogP contribution >= 0.6 is 22.6 Å². The molecule has 3 aromatic carbocycles. The minimum Gasteiger partial charge on any atom is -0.462 e. The smallest absolute Gasteiger partial charge is 0.338 e. The van der Waals surface area contributed by atoms with Crippen LogP contribution in [0.4, 0.5) is 11.4 Å². The van der Waals surface area contributed by atoms with Crippen molar-refractivity contribution in [3.05, 3.63) is 93.1 Å². The number of rotatable bonds is 5. The number of esters is 1. The summed E-state index contributed by atoms with van der Waals surface area (Å²) >= 11 is 2.26. The van der Waals surface area contributed by atoms with Crippen LogP contribution in [0.5, 0.6) is 0 Å². The minimum atomic E-state index is -0.410. The molecule has 0 unspecified atom stereocenters. The first-order valence-electron chi connectivity index (χ1n) is 9.52. The van der Waals surface area contributed by atoms with Crippen LogP contribution < -0.4 is 10.6 Å². The summed E-state index contributed by atoms with van der Waals surface area (Å²) in [5, 5.41) is 6.30. The van der Waals surface area contributed by atoms with Gasteiger partial charge in [0.1, 0.15) is 0 Å². The summed E-state index contributed by atoms with van der Waals surface area (Å²) in [6.07, 6.45) is 0. The van der Waals surface area contributed by atoms with Crippen molar-refractivity contribution in [3.63, 3.8) is 0 Å². The van der Waals surface area contributed by atoms with Gasteiger partial charge in [-0.25, -0.2) is 4.79 Å². The molecule has 0 spiro atoms. The summed E-state index contributed by atoms with van der Waals surface area (Å²) < 4.78 is 6.20. The normalized spacial score (nSPS) is 14.0. The number of anilines is 2. The van der Waals surface area contributed by atoms with E-state index < -0.39 is 5.97 Å². The average molecular weight is 510 g/mol. The third-order valence-corrected chi connectivity index (χ3v) is 5.42. The molecule has 4 rings (SSSR count). The molecule has 1 aliphatic heterocycles. The summed E-state index contributed by atoms with van der Waals surface area (Å²) in [5.41, 5.74) is 4.75. The van der Waals surface area contributed by atoms with Gasteiger partial charge in [-0.2, -0.15) is 0 Å². The van der Waals surface area contributed by atoms with Crippen LogP contribution in [-0.4, -0.2) is 18.5 Å². The lowest BCUT2D eigenvalue weighted by Gasteiger charge is -2.15. The van der Waals surface area contributed by atoms with Crippen LogP contribution in [-0.2, 0) is 9.53 Å². The predicted octanol–water partition coefficient (Wildman–Crippen LogP) is 5.40. The Balaban J connectivity index is 1.83. The standard InChI is InChI=1S/C24H19IN2O3/c1-2-30-24(29)16-8-13-19-20(14-16)27-23(28)21(19)22(15-6-4-3-5-7-15)26-18-11-9-17(25)10-12-18/h3-14,26H,2H2,1H3,(H,27,28). The molecule has 0 aromatic heterocycles. The van der Waals surface area contributed by atoms with E-state index in [-0.39, 0.29) is 5.91 Å². The van der Waals surface area contributed by atoms with E-state index in [0.29, 0.717) is 29.1 Å². The monoisotopic (exact) mass is 510 g/mol. The summed E-state index contributed by atoms with van der Waals surface area (Å²) in [4.78, 5) is 25.0. The molecule has 0 saturated heterocycles. The van der Waals surface area contributed by atoms with Gasteiger partial charge in [0.15, 0.2) is 0 Å². The average Bonchev–Trinajstić information content (AvgIpc) is 3.09. The Labute approximate surface area is 188 Å². The molecular formula is C24H19IN2O3. The molecule has 1 aliphatic rings. The molecule has 1 heterocycles. The number of amides is 1. The maximum Gasteiger partial charge on any atom is 0.338 e. The zero-order valence-electron chi connectivity index (χ0n) is 16.2. The highest BCUT2D eigenvalue weighted by Crippen LogP contribution is 2.38. The van der Waals surface area contributed by atoms with Crippen molar-refractivity contribution < 1.29 is 14.3 Å². The first kappa shape index (κ1) is 20.2. The molecule has 30 heavy (non-hydrogen) atoms. The third kappa shape index (κ3) is 4.09. The van der Waals surface area contributed by atoms with Gasteiger partial charge in [0.25, 0.3) is 5.91 Å². The van der Waals surface area contributed by atoms with Crippen molar-refractivity contribution in [1.82, 2.24) is 0 Å². The zero-order chi connectivity index (χ0) is 21.1. The molecule has 1 amide bonds. The van der Waals surface area contributed by atoms with Gasteiger partial charge in [-0.3, -0.25) is 4.79 Å². The van der Waals surface area contributed by atoms with Gasteiger partial charge in [0.05, 0.1) is 29.1 Å². The summed E-state index contributed by atoms with van der Waals surface area (Å²) in [6, 6.07) is 22.8. The van der Waals surface area contributed by atoms with Crippen molar-refractivity contribution in [2.24, 2.45) is 0 Å². The van der Waals surface area contributed by atoms with Crippen molar-refractivity contribution in [1.29, 1.82) is 0 Å². The zero-order valence-corrected chi connectivity index (χ0v) is 18.4. The van der Waals surface area contributed by atoms with Crippen molar-refractivity contribution in [2.75, 3.05) is 17.2 Å². The fourth-order valence-corrected chi connectivity index (χ4v) is 3.68. The number of benzene rings is 3. The number of hydrogen-bond donors (Lipinski definition) is 2. The highest BCUT2D eigenvalue weighted by molar-refractivity contribution is 14.1. The Morgan fingerprint density at radius 3 is 2.43 bits per heavy atom. The van der Waals surface area contributed by atoms with Gasteiger partial charge in [-0.1, -0.05) is 36.4 Å². The Kier molecular flexibility index (Phi) is 5.85. The second-order valence-electron chi connectivity index (χ2n) is 6.68. The van der Waals surface area contributed by atoms with E-state index in [4.69, 9.17) is 4.74 Å². The maximum atomic E-state index is 13.0. The Morgan fingerprint density at radius 2 is 1.73 bits per heavy atom. The number of ether oxygens (including phenoxy) is 1. The van der Waals surface area contributed by atoms with E-state index in [1.54, 1.807) is 25.1 Å². The van der Waals surface area contributed by atoms with Gasteiger partial charge in [-0.15, -0.1) is 0 Å². The Morgan fingerprint density at radius 1 is 1.00 bits per heavy atom. The molecule has 0 fully saturated rings. The summed E-state index contributed by atoms with van der Waals surface area (Å²) in [5.74, 6) is -0.629. The quantitative estimate of drug-likeness (QED) is 0.274. The fourth-order valence-electron chi connectivity index (χ4n) is 3.32. The second kappa shape index (κ2) is 8.71. The first-order chi connectivity index (χ1) is 14.6. The van der Waals surface area contributed by atoms with E-state index in [9.17, 15) is 9.59 Å². The van der Waals surface area contributed by atoms with E-state index in [1.807, 2.05) is 54.6 Å². The molecule has 5 nitrogen and oxygen atoms in total. The largest absolute Gasteiger partial charge is 0.462 e. The minimum absolute atomic E-state index is 0.220. The topological polar surface area (TPSA) is 67.4 Å². The first-order valence-corrected chi connectivity index (χ1v) is 10.6. The van der Waals surface area contributed by atoms with Crippen LogP contribution in [0, 0.1) is 3.57 Å². The van der Waals surface area contributed by atoms with E-state index in [2.05, 4.69) is 33.2 Å². The van der Waals surface area contributed by atoms with Gasteiger partial charge < -0.3 is 15.4 Å². The number of halogens is 1. The van der Waals surface area contributed by atoms with Gasteiger partial charge >= 0.3 is 5.97 Å². The molecule has 0 radical (unpaired) electrons. The molecular weight excluding hydrogens is 491 g/mol. The Hall–Kier alpha value is -3.13. The van der Waals surface area contributed by atoms with Gasteiger partial charge in [-0.05, 0) is 71.5 Å². The number of carbonyl (C=O) groups is 2. The molecule has 150 valence electrons. The summed E-state index contributed by atoms with van der Waals surface area (Å²) in [6.45, 7) is 2.06. The van der Waals surface area contributed by atoms with E-state index in [1.165, 1.54) is 0 Å². The Bertz CT molecular complexity index is 1140. The van der Waals surface area contributed by atoms with Crippen LogP contribution in [0.3, 0.4) is 0 Å². The SMILES string of the molecule is CCOC(=O)c1ccc2c(c1)NC(=O)C2=C(Nc1ccc(I)cc1)c1ccccc1. The highest BCUT2D eigenvalue weighted by Gasteiger charge is 2.29. The van der Waals surface area contributed by atoms with Crippen LogP contribution in [0.25, 0.3) is 11.3 Å². The molecule has 0 saturated carbocycles. The molecule has 3 aromatic rings. The third-order valence-electron chi connectivity index (χ3n) is 4.70. The molecule has 0 bridgehead atoms. The van der Waals surface area contributed by atoms with E-state index >= 15 is 0 Å². The van der Waals surface area contributed by atoms with Gasteiger partial charge in [0.2, 0.25) is 0 Å². The van der Waals surface area contributed by atoms with E-state index in [0.717, 1.165) is 20.4 Å². The lowest BCUT2D eigenvalue weighted by molar-refractivity contribution is -0.110.